The number of thiophene rings is 1. The molecular weight excluding hydrogens is 308 g/mol. The number of anilines is 1. The molecule has 2 heterocycles. The van der Waals surface area contributed by atoms with Gasteiger partial charge < -0.3 is 10.1 Å². The van der Waals surface area contributed by atoms with E-state index in [1.807, 2.05) is 17.5 Å². The number of aryl methyl sites for hydroxylation is 1. The Balaban J connectivity index is 2.01. The molecule has 7 heteroatoms. The Morgan fingerprint density at radius 2 is 2.19 bits per heavy atom. The number of thiazole rings is 1. The molecule has 0 aromatic carbocycles. The number of carbonyl (C=O) groups excluding carboxylic acids is 2. The summed E-state index contributed by atoms with van der Waals surface area (Å²) in [5.74, 6) is -0.547. The van der Waals surface area contributed by atoms with Crippen LogP contribution in [0, 0.1) is 6.92 Å². The smallest absolute Gasteiger partial charge is 0.350 e. The predicted molar refractivity (Wildman–Crippen MR) is 84.1 cm³/mol. The fourth-order valence-corrected chi connectivity index (χ4v) is 3.21. The lowest BCUT2D eigenvalue weighted by molar-refractivity contribution is -0.115. The van der Waals surface area contributed by atoms with Crippen LogP contribution < -0.4 is 5.32 Å². The zero-order valence-corrected chi connectivity index (χ0v) is 13.6. The zero-order chi connectivity index (χ0) is 15.4. The molecule has 0 saturated carbocycles. The molecule has 2 rings (SSSR count). The Morgan fingerprint density at radius 3 is 2.81 bits per heavy atom. The molecule has 0 radical (unpaired) electrons. The van der Waals surface area contributed by atoms with Crippen LogP contribution in [-0.4, -0.2) is 23.0 Å². The van der Waals surface area contributed by atoms with Gasteiger partial charge in [-0.25, -0.2) is 9.78 Å². The van der Waals surface area contributed by atoms with E-state index in [2.05, 4.69) is 10.3 Å². The number of ether oxygens (including phenoxy) is 1. The first-order chi connectivity index (χ1) is 9.95. The van der Waals surface area contributed by atoms with Crippen molar-refractivity contribution in [3.8, 4) is 0 Å². The minimum atomic E-state index is -0.404. The highest BCUT2D eigenvalue weighted by molar-refractivity contribution is 7.17. The van der Waals surface area contributed by atoms with Crippen molar-refractivity contribution < 1.29 is 14.3 Å². The third-order valence-corrected chi connectivity index (χ3v) is 4.42. The first kappa shape index (κ1) is 15.7. The maximum Gasteiger partial charge on any atom is 0.350 e. The summed E-state index contributed by atoms with van der Waals surface area (Å²) in [6, 6.07) is 3.81. The maximum absolute atomic E-state index is 11.9. The van der Waals surface area contributed by atoms with Crippen LogP contribution in [0.3, 0.4) is 0 Å². The number of amides is 1. The quantitative estimate of drug-likeness (QED) is 0.857. The van der Waals surface area contributed by atoms with Gasteiger partial charge in [0.1, 0.15) is 4.88 Å². The average Bonchev–Trinajstić information content (AvgIpc) is 2.98. The van der Waals surface area contributed by atoms with E-state index in [0.717, 1.165) is 16.2 Å². The fraction of sp³-hybridized carbons (Fsp3) is 0.357. The molecule has 112 valence electrons. The van der Waals surface area contributed by atoms with Crippen molar-refractivity contribution in [1.82, 2.24) is 4.98 Å². The Kier molecular flexibility index (Phi) is 5.08. The van der Waals surface area contributed by atoms with Crippen LogP contribution in [0.25, 0.3) is 0 Å². The Labute approximate surface area is 131 Å². The van der Waals surface area contributed by atoms with Crippen molar-refractivity contribution in [3.63, 3.8) is 0 Å². The summed E-state index contributed by atoms with van der Waals surface area (Å²) in [5, 5.41) is 5.06. The molecule has 0 fully saturated rings. The molecule has 1 N–H and O–H groups in total. The van der Waals surface area contributed by atoms with Crippen molar-refractivity contribution in [2.45, 2.75) is 33.3 Å². The number of hydrogen-bond donors (Lipinski definition) is 1. The van der Waals surface area contributed by atoms with E-state index in [1.54, 1.807) is 20.8 Å². The van der Waals surface area contributed by atoms with Gasteiger partial charge in [0.05, 0.1) is 18.2 Å². The highest BCUT2D eigenvalue weighted by atomic mass is 32.1. The van der Waals surface area contributed by atoms with Gasteiger partial charge in [-0.05, 0) is 32.2 Å². The highest BCUT2D eigenvalue weighted by Crippen LogP contribution is 2.24. The monoisotopic (exact) mass is 324 g/mol. The second kappa shape index (κ2) is 6.82. The SMILES string of the molecule is Cc1nc(NC(=O)Cc2cccs2)sc1C(=O)OC(C)C. The number of esters is 1. The largest absolute Gasteiger partial charge is 0.459 e. The Bertz CT molecular complexity index is 633. The number of hydrogen-bond acceptors (Lipinski definition) is 6. The van der Waals surface area contributed by atoms with Crippen molar-refractivity contribution in [3.05, 3.63) is 33.0 Å². The Hall–Kier alpha value is -1.73. The van der Waals surface area contributed by atoms with E-state index >= 15 is 0 Å². The lowest BCUT2D eigenvalue weighted by Crippen LogP contribution is -2.13. The number of nitrogens with zero attached hydrogens (tertiary/aromatic N) is 1. The van der Waals surface area contributed by atoms with Crippen LogP contribution >= 0.6 is 22.7 Å². The molecule has 0 spiro atoms. The number of carbonyl (C=O) groups is 2. The molecule has 0 aliphatic heterocycles. The van der Waals surface area contributed by atoms with Crippen molar-refractivity contribution in [2.75, 3.05) is 5.32 Å². The van der Waals surface area contributed by atoms with Crippen LogP contribution in [0.5, 0.6) is 0 Å². The zero-order valence-electron chi connectivity index (χ0n) is 12.0. The van der Waals surface area contributed by atoms with E-state index in [1.165, 1.54) is 11.3 Å². The standard InChI is InChI=1S/C14H16N2O3S2/c1-8(2)19-13(18)12-9(3)15-14(21-12)16-11(17)7-10-5-4-6-20-10/h4-6,8H,7H2,1-3H3,(H,15,16,17). The van der Waals surface area contributed by atoms with E-state index in [4.69, 9.17) is 4.74 Å². The third kappa shape index (κ3) is 4.37. The first-order valence-corrected chi connectivity index (χ1v) is 8.16. The van der Waals surface area contributed by atoms with Gasteiger partial charge in [-0.3, -0.25) is 4.79 Å². The number of aromatic nitrogens is 1. The lowest BCUT2D eigenvalue weighted by atomic mass is 10.3. The molecule has 1 amide bonds. The molecule has 0 bridgehead atoms. The summed E-state index contributed by atoms with van der Waals surface area (Å²) in [5.41, 5.74) is 0.567. The van der Waals surface area contributed by atoms with Gasteiger partial charge in [0.25, 0.3) is 0 Å². The van der Waals surface area contributed by atoms with Crippen molar-refractivity contribution >= 4 is 39.7 Å². The van der Waals surface area contributed by atoms with E-state index in [9.17, 15) is 9.59 Å². The second-order valence-electron chi connectivity index (χ2n) is 4.69. The maximum atomic E-state index is 11.9. The minimum absolute atomic E-state index is 0.144. The number of nitrogens with one attached hydrogen (secondary N) is 1. The van der Waals surface area contributed by atoms with E-state index < -0.39 is 5.97 Å². The molecule has 5 nitrogen and oxygen atoms in total. The average molecular weight is 324 g/mol. The highest BCUT2D eigenvalue weighted by Gasteiger charge is 2.18. The van der Waals surface area contributed by atoms with Crippen LogP contribution in [0.4, 0.5) is 5.13 Å². The van der Waals surface area contributed by atoms with Gasteiger partial charge in [-0.2, -0.15) is 0 Å². The van der Waals surface area contributed by atoms with Gasteiger partial charge in [0.15, 0.2) is 5.13 Å². The van der Waals surface area contributed by atoms with Crippen LogP contribution in [0.15, 0.2) is 17.5 Å². The Morgan fingerprint density at radius 1 is 1.43 bits per heavy atom. The summed E-state index contributed by atoms with van der Waals surface area (Å²) in [7, 11) is 0. The topological polar surface area (TPSA) is 68.3 Å². The van der Waals surface area contributed by atoms with Crippen LogP contribution in [-0.2, 0) is 16.0 Å². The molecule has 21 heavy (non-hydrogen) atoms. The molecular formula is C14H16N2O3S2. The van der Waals surface area contributed by atoms with E-state index in [0.29, 0.717) is 22.1 Å². The van der Waals surface area contributed by atoms with Gasteiger partial charge in [-0.1, -0.05) is 17.4 Å². The van der Waals surface area contributed by atoms with Crippen molar-refractivity contribution in [1.29, 1.82) is 0 Å². The van der Waals surface area contributed by atoms with Gasteiger partial charge in [0.2, 0.25) is 5.91 Å². The lowest BCUT2D eigenvalue weighted by Gasteiger charge is -2.05. The third-order valence-electron chi connectivity index (χ3n) is 2.49. The first-order valence-electron chi connectivity index (χ1n) is 6.46. The van der Waals surface area contributed by atoms with Gasteiger partial charge >= 0.3 is 5.97 Å². The predicted octanol–water partition coefficient (Wildman–Crippen LogP) is 3.26. The summed E-state index contributed by atoms with van der Waals surface area (Å²) >= 11 is 2.67. The second-order valence-corrected chi connectivity index (χ2v) is 6.72. The van der Waals surface area contributed by atoms with Crippen molar-refractivity contribution in [2.24, 2.45) is 0 Å². The normalized spacial score (nSPS) is 10.7. The van der Waals surface area contributed by atoms with Gasteiger partial charge in [-0.15, -0.1) is 11.3 Å². The minimum Gasteiger partial charge on any atom is -0.459 e. The summed E-state index contributed by atoms with van der Waals surface area (Å²) in [4.78, 5) is 29.4. The van der Waals surface area contributed by atoms with Crippen LogP contribution in [0.2, 0.25) is 0 Å². The molecule has 0 atom stereocenters. The molecule has 0 saturated heterocycles. The van der Waals surface area contributed by atoms with E-state index in [-0.39, 0.29) is 12.0 Å². The molecule has 0 aliphatic rings. The van der Waals surface area contributed by atoms with Crippen LogP contribution in [0.1, 0.15) is 34.1 Å². The summed E-state index contributed by atoms with van der Waals surface area (Å²) in [6.45, 7) is 5.30. The molecule has 0 aliphatic carbocycles. The van der Waals surface area contributed by atoms with Gasteiger partial charge in [0, 0.05) is 4.88 Å². The summed E-state index contributed by atoms with van der Waals surface area (Å²) < 4.78 is 5.14. The number of rotatable bonds is 5. The summed E-state index contributed by atoms with van der Waals surface area (Å²) in [6.07, 6.45) is 0.123. The molecule has 0 unspecified atom stereocenters. The fourth-order valence-electron chi connectivity index (χ4n) is 1.64. The molecule has 2 aromatic rings. The molecule has 2 aromatic heterocycles.